The minimum absolute atomic E-state index is 0.0534. The van der Waals surface area contributed by atoms with Crippen LogP contribution in [-0.4, -0.2) is 10.5 Å². The maximum absolute atomic E-state index is 6.50. The largest absolute Gasteiger partial charge is 0.437 e. The lowest BCUT2D eigenvalue weighted by molar-refractivity contribution is 0.440. The van der Waals surface area contributed by atoms with Crippen LogP contribution in [0.4, 0.5) is 11.4 Å². The van der Waals surface area contributed by atoms with Crippen LogP contribution in [0.2, 0.25) is 5.02 Å². The highest BCUT2D eigenvalue weighted by Gasteiger charge is 2.33. The molecule has 29 heavy (non-hydrogen) atoms. The Labute approximate surface area is 181 Å². The normalized spacial score (nSPS) is 16.1. The molecule has 150 valence electrons. The predicted octanol–water partition coefficient (Wildman–Crippen LogP) is 6.62. The second-order valence-corrected chi connectivity index (χ2v) is 9.64. The van der Waals surface area contributed by atoms with Gasteiger partial charge in [0.05, 0.1) is 5.69 Å². The Kier molecular flexibility index (Phi) is 5.23. The number of para-hydroxylation sites is 1. The molecule has 0 fully saturated rings. The molecule has 0 radical (unpaired) electrons. The third kappa shape index (κ3) is 3.70. The van der Waals surface area contributed by atoms with Crippen LogP contribution in [0.25, 0.3) is 0 Å². The van der Waals surface area contributed by atoms with Crippen LogP contribution in [0.15, 0.2) is 59.6 Å². The van der Waals surface area contributed by atoms with Crippen LogP contribution in [0, 0.1) is 6.92 Å². The minimum atomic E-state index is -0.286. The second-order valence-electron chi connectivity index (χ2n) is 8.07. The van der Waals surface area contributed by atoms with Gasteiger partial charge in [0.25, 0.3) is 0 Å². The molecule has 1 atom stereocenters. The summed E-state index contributed by atoms with van der Waals surface area (Å²) in [4.78, 5) is 7.70. The van der Waals surface area contributed by atoms with Crippen molar-refractivity contribution in [1.29, 1.82) is 0 Å². The zero-order chi connectivity index (χ0) is 20.8. The van der Waals surface area contributed by atoms with Crippen LogP contribution >= 0.6 is 23.4 Å². The van der Waals surface area contributed by atoms with E-state index in [4.69, 9.17) is 22.1 Å². The lowest BCUT2D eigenvalue weighted by Gasteiger charge is -2.27. The van der Waals surface area contributed by atoms with E-state index in [2.05, 4.69) is 36.7 Å². The van der Waals surface area contributed by atoms with Crippen molar-refractivity contribution in [2.45, 2.75) is 43.5 Å². The van der Waals surface area contributed by atoms with Gasteiger partial charge in [0.2, 0.25) is 5.88 Å². The highest BCUT2D eigenvalue weighted by molar-refractivity contribution is 8.00. The number of ether oxygens (including phenoxy) is 1. The van der Waals surface area contributed by atoms with Gasteiger partial charge in [-0.15, -0.1) is 0 Å². The van der Waals surface area contributed by atoms with Gasteiger partial charge in [0, 0.05) is 21.7 Å². The molecule has 0 aliphatic carbocycles. The maximum atomic E-state index is 6.50. The van der Waals surface area contributed by atoms with E-state index < -0.39 is 0 Å². The third-order valence-electron chi connectivity index (χ3n) is 4.98. The van der Waals surface area contributed by atoms with E-state index in [1.54, 1.807) is 18.0 Å². The number of aromatic nitrogens is 1. The molecular weight excluding hydrogens is 402 g/mol. The minimum Gasteiger partial charge on any atom is -0.437 e. The van der Waals surface area contributed by atoms with Crippen LogP contribution in [-0.2, 0) is 5.41 Å². The summed E-state index contributed by atoms with van der Waals surface area (Å²) in [6, 6.07) is 15.9. The van der Waals surface area contributed by atoms with E-state index in [-0.39, 0.29) is 10.9 Å². The second kappa shape index (κ2) is 7.56. The quantitative estimate of drug-likeness (QED) is 0.511. The Bertz CT molecular complexity index is 1060. The first kappa shape index (κ1) is 20.1. The number of nitrogens with two attached hydrogens (primary N) is 1. The fourth-order valence-corrected chi connectivity index (χ4v) is 4.78. The van der Waals surface area contributed by atoms with Gasteiger partial charge in [-0.05, 0) is 48.2 Å². The van der Waals surface area contributed by atoms with Crippen molar-refractivity contribution in [1.82, 2.24) is 4.98 Å². The van der Waals surface area contributed by atoms with Gasteiger partial charge in [-0.2, -0.15) is 0 Å². The fraction of sp³-hybridized carbons (Fsp3) is 0.261. The molecule has 0 saturated heterocycles. The summed E-state index contributed by atoms with van der Waals surface area (Å²) in [5.41, 5.74) is 10.1. The van der Waals surface area contributed by atoms with Crippen molar-refractivity contribution in [3.63, 3.8) is 0 Å². The highest BCUT2D eigenvalue weighted by atomic mass is 35.5. The molecule has 3 aromatic rings. The van der Waals surface area contributed by atoms with Gasteiger partial charge in [-0.1, -0.05) is 62.3 Å². The van der Waals surface area contributed by atoms with E-state index in [1.807, 2.05) is 49.4 Å². The van der Waals surface area contributed by atoms with Crippen LogP contribution in [0.3, 0.4) is 0 Å². The first-order chi connectivity index (χ1) is 13.8. The molecule has 2 N–H and O–H groups in total. The predicted molar refractivity (Wildman–Crippen MR) is 122 cm³/mol. The van der Waals surface area contributed by atoms with Gasteiger partial charge in [0.1, 0.15) is 16.9 Å². The smallest absolute Gasteiger partial charge is 0.243 e. The van der Waals surface area contributed by atoms with Crippen LogP contribution in [0.1, 0.15) is 31.9 Å². The lowest BCUT2D eigenvalue weighted by Crippen LogP contribution is -2.32. The van der Waals surface area contributed by atoms with Crippen molar-refractivity contribution in [3.05, 3.63) is 70.9 Å². The third-order valence-corrected chi connectivity index (χ3v) is 6.43. The van der Waals surface area contributed by atoms with E-state index in [1.165, 1.54) is 0 Å². The molecule has 1 unspecified atom stereocenters. The molecule has 0 bridgehead atoms. The molecule has 1 aliphatic heterocycles. The van der Waals surface area contributed by atoms with E-state index in [0.717, 1.165) is 33.1 Å². The van der Waals surface area contributed by atoms with E-state index in [9.17, 15) is 0 Å². The van der Waals surface area contributed by atoms with Crippen molar-refractivity contribution in [2.75, 3.05) is 4.90 Å². The zero-order valence-electron chi connectivity index (χ0n) is 16.9. The number of benzene rings is 2. The molecule has 2 aromatic carbocycles. The molecular formula is C23H24ClN3OS. The molecule has 0 amide bonds. The Morgan fingerprint density at radius 3 is 2.62 bits per heavy atom. The highest BCUT2D eigenvalue weighted by Crippen LogP contribution is 2.51. The fourth-order valence-electron chi connectivity index (χ4n) is 3.54. The first-order valence-electron chi connectivity index (χ1n) is 9.50. The van der Waals surface area contributed by atoms with Crippen molar-refractivity contribution in [3.8, 4) is 11.6 Å². The number of pyridine rings is 1. The molecule has 6 heteroatoms. The number of rotatable bonds is 3. The number of hydrogen-bond donors (Lipinski definition) is 1. The van der Waals surface area contributed by atoms with Crippen molar-refractivity contribution >= 4 is 34.7 Å². The SMILES string of the molecule is Cc1c(Cl)ccc2c1N(c1cccnc1Oc1ccccc1C(C)(C)C)C(N)S2. The zero-order valence-corrected chi connectivity index (χ0v) is 18.5. The maximum Gasteiger partial charge on any atom is 0.243 e. The average molecular weight is 426 g/mol. The summed E-state index contributed by atoms with van der Waals surface area (Å²) in [5.74, 6) is 1.32. The summed E-state index contributed by atoms with van der Waals surface area (Å²) in [6.07, 6.45) is 1.74. The summed E-state index contributed by atoms with van der Waals surface area (Å²) < 4.78 is 6.36. The molecule has 2 heterocycles. The number of anilines is 2. The van der Waals surface area contributed by atoms with E-state index in [0.29, 0.717) is 10.9 Å². The topological polar surface area (TPSA) is 51.4 Å². The Hall–Kier alpha value is -2.21. The first-order valence-corrected chi connectivity index (χ1v) is 10.8. The monoisotopic (exact) mass is 425 g/mol. The molecule has 1 aromatic heterocycles. The number of fused-ring (bicyclic) bond motifs is 1. The number of thioether (sulfide) groups is 1. The van der Waals surface area contributed by atoms with Crippen LogP contribution < -0.4 is 15.4 Å². The Balaban J connectivity index is 1.81. The van der Waals surface area contributed by atoms with Gasteiger partial charge < -0.3 is 15.4 Å². The molecule has 0 saturated carbocycles. The van der Waals surface area contributed by atoms with Gasteiger partial charge in [-0.3, -0.25) is 0 Å². The summed E-state index contributed by atoms with van der Waals surface area (Å²) in [5, 5.41) is 0.716. The summed E-state index contributed by atoms with van der Waals surface area (Å²) in [6.45, 7) is 8.52. The lowest BCUT2D eigenvalue weighted by atomic mass is 9.86. The summed E-state index contributed by atoms with van der Waals surface area (Å²) >= 11 is 8.01. The number of nitrogens with zero attached hydrogens (tertiary/aromatic N) is 2. The van der Waals surface area contributed by atoms with Crippen molar-refractivity contribution < 1.29 is 4.74 Å². The van der Waals surface area contributed by atoms with Crippen LogP contribution in [0.5, 0.6) is 11.6 Å². The number of hydrogen-bond acceptors (Lipinski definition) is 5. The molecule has 0 spiro atoms. The van der Waals surface area contributed by atoms with Crippen molar-refractivity contribution in [2.24, 2.45) is 5.73 Å². The Morgan fingerprint density at radius 2 is 1.86 bits per heavy atom. The molecule has 4 rings (SSSR count). The standard InChI is InChI=1S/C23H24ClN3OS/c1-14-16(24)11-12-19-20(14)27(22(25)29-19)17-9-7-13-26-21(17)28-18-10-6-5-8-15(18)23(2,3)4/h5-13,22H,25H2,1-4H3. The average Bonchev–Trinajstić information content (AvgIpc) is 3.01. The van der Waals surface area contributed by atoms with E-state index >= 15 is 0 Å². The number of halogens is 1. The molecule has 4 nitrogen and oxygen atoms in total. The summed E-state index contributed by atoms with van der Waals surface area (Å²) in [7, 11) is 0. The molecule has 1 aliphatic rings. The van der Waals surface area contributed by atoms with Gasteiger partial charge >= 0.3 is 0 Å². The Morgan fingerprint density at radius 1 is 1.10 bits per heavy atom. The van der Waals surface area contributed by atoms with Gasteiger partial charge in [0.15, 0.2) is 0 Å². The van der Waals surface area contributed by atoms with Gasteiger partial charge in [-0.25, -0.2) is 4.98 Å².